The quantitative estimate of drug-likeness (QED) is 0.356. The monoisotopic (exact) mass is 468 g/mol. The van der Waals surface area contributed by atoms with Crippen LogP contribution >= 0.6 is 0 Å². The first-order valence-corrected chi connectivity index (χ1v) is 12.4. The van der Waals surface area contributed by atoms with Crippen molar-refractivity contribution in [2.24, 2.45) is 0 Å². The molecule has 0 spiro atoms. The van der Waals surface area contributed by atoms with Gasteiger partial charge >= 0.3 is 0 Å². The van der Waals surface area contributed by atoms with E-state index in [4.69, 9.17) is 9.47 Å². The second-order valence-corrected chi connectivity index (χ2v) is 8.86. The number of amides is 2. The SMILES string of the molecule is Cc1cccc(OC(C)C(=O)NCCCCCCCCNC(=O)C(C)Oc2cccc(C)c2)c1. The summed E-state index contributed by atoms with van der Waals surface area (Å²) in [5, 5.41) is 5.90. The minimum absolute atomic E-state index is 0.0853. The van der Waals surface area contributed by atoms with Crippen molar-refractivity contribution in [3.63, 3.8) is 0 Å². The molecule has 34 heavy (non-hydrogen) atoms. The van der Waals surface area contributed by atoms with E-state index in [2.05, 4.69) is 10.6 Å². The normalized spacial score (nSPS) is 12.5. The Morgan fingerprint density at radius 2 is 1.06 bits per heavy atom. The van der Waals surface area contributed by atoms with Crippen molar-refractivity contribution in [2.75, 3.05) is 13.1 Å². The van der Waals surface area contributed by atoms with E-state index in [0.717, 1.165) is 49.7 Å². The van der Waals surface area contributed by atoms with Crippen molar-refractivity contribution in [3.8, 4) is 11.5 Å². The molecule has 2 N–H and O–H groups in total. The van der Waals surface area contributed by atoms with Gasteiger partial charge in [-0.15, -0.1) is 0 Å². The fourth-order valence-electron chi connectivity index (χ4n) is 3.56. The average molecular weight is 469 g/mol. The van der Waals surface area contributed by atoms with E-state index in [1.807, 2.05) is 62.4 Å². The first-order valence-electron chi connectivity index (χ1n) is 12.4. The molecule has 0 bridgehead atoms. The Kier molecular flexibility index (Phi) is 12.0. The molecule has 2 amide bonds. The van der Waals surface area contributed by atoms with Gasteiger partial charge in [-0.1, -0.05) is 49.9 Å². The summed E-state index contributed by atoms with van der Waals surface area (Å²) in [7, 11) is 0. The fourth-order valence-corrected chi connectivity index (χ4v) is 3.56. The standard InChI is InChI=1S/C28H40N2O4/c1-21-13-11-15-25(19-21)33-23(3)27(31)29-17-9-7-5-6-8-10-18-30-28(32)24(4)34-26-16-12-14-22(2)20-26/h11-16,19-20,23-24H,5-10,17-18H2,1-4H3,(H,29,31)(H,30,32). The highest BCUT2D eigenvalue weighted by Crippen LogP contribution is 2.15. The smallest absolute Gasteiger partial charge is 0.260 e. The number of unbranched alkanes of at least 4 members (excludes halogenated alkanes) is 5. The lowest BCUT2D eigenvalue weighted by molar-refractivity contribution is -0.127. The van der Waals surface area contributed by atoms with Crippen molar-refractivity contribution in [1.82, 2.24) is 10.6 Å². The topological polar surface area (TPSA) is 76.7 Å². The molecule has 0 aliphatic heterocycles. The molecule has 2 unspecified atom stereocenters. The van der Waals surface area contributed by atoms with Crippen molar-refractivity contribution in [1.29, 1.82) is 0 Å². The number of nitrogens with one attached hydrogen (secondary N) is 2. The van der Waals surface area contributed by atoms with Crippen LogP contribution in [0.3, 0.4) is 0 Å². The van der Waals surface area contributed by atoms with Gasteiger partial charge in [0, 0.05) is 13.1 Å². The first-order chi connectivity index (χ1) is 16.3. The molecule has 0 heterocycles. The molecule has 0 saturated heterocycles. The van der Waals surface area contributed by atoms with Gasteiger partial charge in [-0.05, 0) is 75.9 Å². The highest BCUT2D eigenvalue weighted by atomic mass is 16.5. The van der Waals surface area contributed by atoms with Gasteiger partial charge in [0.15, 0.2) is 12.2 Å². The Morgan fingerprint density at radius 1 is 0.676 bits per heavy atom. The van der Waals surface area contributed by atoms with Crippen molar-refractivity contribution >= 4 is 11.8 Å². The summed E-state index contributed by atoms with van der Waals surface area (Å²) < 4.78 is 11.4. The van der Waals surface area contributed by atoms with Crippen LogP contribution < -0.4 is 20.1 Å². The van der Waals surface area contributed by atoms with Crippen LogP contribution in [0.5, 0.6) is 11.5 Å². The summed E-state index contributed by atoms with van der Waals surface area (Å²) in [6.07, 6.45) is 5.25. The van der Waals surface area contributed by atoms with Crippen LogP contribution in [0.1, 0.15) is 63.5 Å². The predicted molar refractivity (Wildman–Crippen MR) is 136 cm³/mol. The summed E-state index contributed by atoms with van der Waals surface area (Å²) in [4.78, 5) is 24.4. The van der Waals surface area contributed by atoms with Crippen molar-refractivity contribution < 1.29 is 19.1 Å². The number of hydrogen-bond donors (Lipinski definition) is 2. The van der Waals surface area contributed by atoms with E-state index in [-0.39, 0.29) is 11.8 Å². The summed E-state index contributed by atoms with van der Waals surface area (Å²) in [5.41, 5.74) is 2.21. The van der Waals surface area contributed by atoms with Gasteiger partial charge in [0.1, 0.15) is 11.5 Å². The molecule has 2 aromatic carbocycles. The maximum Gasteiger partial charge on any atom is 0.260 e. The number of aryl methyl sites for hydroxylation is 2. The zero-order valence-electron chi connectivity index (χ0n) is 21.1. The van der Waals surface area contributed by atoms with Gasteiger partial charge in [0.05, 0.1) is 0 Å². The third-order valence-corrected chi connectivity index (χ3v) is 5.55. The highest BCUT2D eigenvalue weighted by Gasteiger charge is 2.15. The van der Waals surface area contributed by atoms with Crippen LogP contribution in [0.25, 0.3) is 0 Å². The third-order valence-electron chi connectivity index (χ3n) is 5.55. The van der Waals surface area contributed by atoms with Crippen molar-refractivity contribution in [2.45, 2.75) is 78.4 Å². The summed E-state index contributed by atoms with van der Waals surface area (Å²) in [5.74, 6) is 1.26. The van der Waals surface area contributed by atoms with Crippen LogP contribution in [0.2, 0.25) is 0 Å². The van der Waals surface area contributed by atoms with Gasteiger partial charge in [0.25, 0.3) is 11.8 Å². The number of carbonyl (C=O) groups excluding carboxylic acids is 2. The molecule has 2 rings (SSSR count). The summed E-state index contributed by atoms with van der Waals surface area (Å²) in [6, 6.07) is 15.4. The molecular weight excluding hydrogens is 428 g/mol. The number of rotatable bonds is 15. The second-order valence-electron chi connectivity index (χ2n) is 8.86. The van der Waals surface area contributed by atoms with E-state index in [9.17, 15) is 9.59 Å². The molecule has 2 atom stereocenters. The minimum atomic E-state index is -0.512. The maximum atomic E-state index is 12.2. The Balaban J connectivity index is 1.45. The van der Waals surface area contributed by atoms with Crippen LogP contribution in [0.4, 0.5) is 0 Å². The number of ether oxygens (including phenoxy) is 2. The molecule has 2 aromatic rings. The number of benzene rings is 2. The Morgan fingerprint density at radius 3 is 1.44 bits per heavy atom. The molecule has 186 valence electrons. The lowest BCUT2D eigenvalue weighted by atomic mass is 10.1. The van der Waals surface area contributed by atoms with E-state index in [1.54, 1.807) is 13.8 Å². The molecule has 0 radical (unpaired) electrons. The molecule has 0 saturated carbocycles. The van der Waals surface area contributed by atoms with Gasteiger partial charge < -0.3 is 20.1 Å². The van der Waals surface area contributed by atoms with Crippen LogP contribution in [-0.4, -0.2) is 37.1 Å². The third kappa shape index (κ3) is 10.7. The zero-order valence-corrected chi connectivity index (χ0v) is 21.1. The summed E-state index contributed by atoms with van der Waals surface area (Å²) >= 11 is 0. The second kappa shape index (κ2) is 15.0. The largest absolute Gasteiger partial charge is 0.481 e. The summed E-state index contributed by atoms with van der Waals surface area (Å²) in [6.45, 7) is 8.86. The van der Waals surface area contributed by atoms with Gasteiger partial charge in [0.2, 0.25) is 0 Å². The van der Waals surface area contributed by atoms with E-state index >= 15 is 0 Å². The van der Waals surface area contributed by atoms with Crippen LogP contribution in [-0.2, 0) is 9.59 Å². The van der Waals surface area contributed by atoms with E-state index in [0.29, 0.717) is 24.6 Å². The zero-order chi connectivity index (χ0) is 24.8. The molecule has 0 fully saturated rings. The average Bonchev–Trinajstić information content (AvgIpc) is 2.80. The lowest BCUT2D eigenvalue weighted by Crippen LogP contribution is -2.36. The lowest BCUT2D eigenvalue weighted by Gasteiger charge is -2.15. The molecule has 6 heteroatoms. The Bertz CT molecular complexity index is 826. The molecule has 0 aromatic heterocycles. The molecule has 0 aliphatic rings. The number of hydrogen-bond acceptors (Lipinski definition) is 4. The van der Waals surface area contributed by atoms with E-state index in [1.165, 1.54) is 0 Å². The van der Waals surface area contributed by atoms with E-state index < -0.39 is 12.2 Å². The highest BCUT2D eigenvalue weighted by molar-refractivity contribution is 5.81. The molecular formula is C28H40N2O4. The molecule has 6 nitrogen and oxygen atoms in total. The van der Waals surface area contributed by atoms with Crippen molar-refractivity contribution in [3.05, 3.63) is 59.7 Å². The predicted octanol–water partition coefficient (Wildman–Crippen LogP) is 5.11. The van der Waals surface area contributed by atoms with Gasteiger partial charge in [-0.2, -0.15) is 0 Å². The maximum absolute atomic E-state index is 12.2. The van der Waals surface area contributed by atoms with Crippen LogP contribution in [0.15, 0.2) is 48.5 Å². The first kappa shape index (κ1) is 27.2. The Labute approximate surface area is 204 Å². The fraction of sp³-hybridized carbons (Fsp3) is 0.500. The minimum Gasteiger partial charge on any atom is -0.481 e. The van der Waals surface area contributed by atoms with Crippen LogP contribution in [0, 0.1) is 13.8 Å². The van der Waals surface area contributed by atoms with Gasteiger partial charge in [-0.3, -0.25) is 9.59 Å². The number of carbonyl (C=O) groups is 2. The Hall–Kier alpha value is -3.02. The molecule has 0 aliphatic carbocycles. The van der Waals surface area contributed by atoms with Gasteiger partial charge in [-0.25, -0.2) is 0 Å².